The van der Waals surface area contributed by atoms with Crippen LogP contribution in [0, 0.1) is 5.41 Å². The molecule has 19 heavy (non-hydrogen) atoms. The van der Waals surface area contributed by atoms with Gasteiger partial charge < -0.3 is 24.8 Å². The molecule has 0 aromatic heterocycles. The number of cyclic esters (lactones) is 2. The number of aliphatic hydroxyl groups excluding tert-OH is 3. The number of carbonyl (C=O) groups is 2. The fourth-order valence-electron chi connectivity index (χ4n) is 1.89. The minimum Gasteiger partial charge on any atom is -0.422 e. The van der Waals surface area contributed by atoms with E-state index in [4.69, 9.17) is 9.47 Å². The van der Waals surface area contributed by atoms with Crippen LogP contribution in [0.25, 0.3) is 0 Å². The number of rotatable bonds is 4. The molecule has 1 rings (SSSR count). The van der Waals surface area contributed by atoms with Gasteiger partial charge in [0.2, 0.25) is 0 Å². The summed E-state index contributed by atoms with van der Waals surface area (Å²) in [5.41, 5.74) is -1.65. The highest BCUT2D eigenvalue weighted by Crippen LogP contribution is 2.36. The van der Waals surface area contributed by atoms with Gasteiger partial charge in [0.15, 0.2) is 0 Å². The molecule has 0 unspecified atom stereocenters. The van der Waals surface area contributed by atoms with Crippen LogP contribution in [0.2, 0.25) is 0 Å². The zero-order valence-electron chi connectivity index (χ0n) is 10.9. The SMILES string of the molecule is CC1(C(CO)(CO)CO)OC(=O)CCCCC(=O)O1. The summed E-state index contributed by atoms with van der Waals surface area (Å²) in [4.78, 5) is 23.3. The van der Waals surface area contributed by atoms with Gasteiger partial charge in [-0.2, -0.15) is 0 Å². The molecule has 3 N–H and O–H groups in total. The second-order valence-electron chi connectivity index (χ2n) is 4.86. The van der Waals surface area contributed by atoms with Crippen LogP contribution in [0.4, 0.5) is 0 Å². The molecule has 7 heteroatoms. The van der Waals surface area contributed by atoms with E-state index in [0.29, 0.717) is 12.8 Å². The van der Waals surface area contributed by atoms with Crippen LogP contribution in [0.15, 0.2) is 0 Å². The fourth-order valence-corrected chi connectivity index (χ4v) is 1.89. The molecule has 1 saturated heterocycles. The Bertz CT molecular complexity index is 307. The molecule has 0 aromatic rings. The van der Waals surface area contributed by atoms with Gasteiger partial charge >= 0.3 is 11.9 Å². The number of carbonyl (C=O) groups excluding carboxylic acids is 2. The van der Waals surface area contributed by atoms with Crippen molar-refractivity contribution in [3.8, 4) is 0 Å². The predicted molar refractivity (Wildman–Crippen MR) is 62.7 cm³/mol. The van der Waals surface area contributed by atoms with Gasteiger partial charge in [-0.15, -0.1) is 0 Å². The molecule has 1 heterocycles. The van der Waals surface area contributed by atoms with Crippen LogP contribution in [-0.2, 0) is 19.1 Å². The van der Waals surface area contributed by atoms with Crippen LogP contribution in [0.3, 0.4) is 0 Å². The molecule has 0 aromatic carbocycles. The monoisotopic (exact) mass is 276 g/mol. The molecular weight excluding hydrogens is 256 g/mol. The zero-order valence-corrected chi connectivity index (χ0v) is 10.9. The Kier molecular flexibility index (Phi) is 5.28. The van der Waals surface area contributed by atoms with Crippen LogP contribution in [0.5, 0.6) is 0 Å². The summed E-state index contributed by atoms with van der Waals surface area (Å²) in [5, 5.41) is 28.2. The molecular formula is C12H20O7. The molecule has 1 aliphatic rings. The topological polar surface area (TPSA) is 113 Å². The second-order valence-corrected chi connectivity index (χ2v) is 4.86. The summed E-state index contributed by atoms with van der Waals surface area (Å²) in [6.07, 6.45) is 1.22. The van der Waals surface area contributed by atoms with Gasteiger partial charge in [-0.25, -0.2) is 0 Å². The minimum atomic E-state index is -1.90. The Morgan fingerprint density at radius 3 is 1.68 bits per heavy atom. The fraction of sp³-hybridized carbons (Fsp3) is 0.833. The zero-order chi connectivity index (χ0) is 14.5. The van der Waals surface area contributed by atoms with Gasteiger partial charge in [0.05, 0.1) is 19.8 Å². The van der Waals surface area contributed by atoms with Crippen molar-refractivity contribution in [1.82, 2.24) is 0 Å². The highest BCUT2D eigenvalue weighted by Gasteiger charge is 2.54. The van der Waals surface area contributed by atoms with Crippen LogP contribution < -0.4 is 0 Å². The Labute approximate surface area is 111 Å². The molecule has 1 fully saturated rings. The molecule has 0 bridgehead atoms. The van der Waals surface area contributed by atoms with Crippen molar-refractivity contribution in [1.29, 1.82) is 0 Å². The van der Waals surface area contributed by atoms with E-state index in [2.05, 4.69) is 0 Å². The van der Waals surface area contributed by atoms with Gasteiger partial charge in [-0.05, 0) is 12.8 Å². The molecule has 0 saturated carbocycles. The molecule has 110 valence electrons. The normalized spacial score (nSPS) is 20.8. The summed E-state index contributed by atoms with van der Waals surface area (Å²) in [5.74, 6) is -3.10. The smallest absolute Gasteiger partial charge is 0.309 e. The Morgan fingerprint density at radius 2 is 1.37 bits per heavy atom. The lowest BCUT2D eigenvalue weighted by molar-refractivity contribution is -0.284. The summed E-state index contributed by atoms with van der Waals surface area (Å²) in [6.45, 7) is -0.831. The standard InChI is InChI=1S/C12H20O7/c1-11(12(6-13,7-14)8-15)18-9(16)4-2-3-5-10(17)19-11/h13-15H,2-8H2,1H3. The van der Waals surface area contributed by atoms with Crippen LogP contribution >= 0.6 is 0 Å². The number of aliphatic hydroxyl groups is 3. The van der Waals surface area contributed by atoms with Crippen LogP contribution in [-0.4, -0.2) is 52.9 Å². The van der Waals surface area contributed by atoms with Gasteiger partial charge in [-0.1, -0.05) is 0 Å². The van der Waals surface area contributed by atoms with E-state index < -0.39 is 43.0 Å². The van der Waals surface area contributed by atoms with Gasteiger partial charge in [-0.3, -0.25) is 9.59 Å². The van der Waals surface area contributed by atoms with Crippen molar-refractivity contribution in [3.05, 3.63) is 0 Å². The Balaban J connectivity index is 3.11. The summed E-state index contributed by atoms with van der Waals surface area (Å²) >= 11 is 0. The maximum absolute atomic E-state index is 11.6. The average Bonchev–Trinajstić information content (AvgIpc) is 2.42. The first-order valence-electron chi connectivity index (χ1n) is 6.19. The lowest BCUT2D eigenvalue weighted by Crippen LogP contribution is -2.58. The summed E-state index contributed by atoms with van der Waals surface area (Å²) in [6, 6.07) is 0. The third kappa shape index (κ3) is 3.23. The van der Waals surface area contributed by atoms with E-state index in [-0.39, 0.29) is 12.8 Å². The number of esters is 2. The second kappa shape index (κ2) is 6.31. The molecule has 0 atom stereocenters. The number of ether oxygens (including phenoxy) is 2. The molecule has 0 spiro atoms. The molecule has 0 radical (unpaired) electrons. The number of hydrogen-bond acceptors (Lipinski definition) is 7. The maximum Gasteiger partial charge on any atom is 0.309 e. The first kappa shape index (κ1) is 15.9. The van der Waals surface area contributed by atoms with E-state index in [1.165, 1.54) is 6.92 Å². The van der Waals surface area contributed by atoms with Crippen molar-refractivity contribution in [2.75, 3.05) is 19.8 Å². The van der Waals surface area contributed by atoms with E-state index >= 15 is 0 Å². The Morgan fingerprint density at radius 1 is 1.00 bits per heavy atom. The third-order valence-electron chi connectivity index (χ3n) is 3.50. The lowest BCUT2D eigenvalue weighted by Gasteiger charge is -2.42. The van der Waals surface area contributed by atoms with E-state index in [0.717, 1.165) is 0 Å². The van der Waals surface area contributed by atoms with E-state index in [1.54, 1.807) is 0 Å². The van der Waals surface area contributed by atoms with Crippen molar-refractivity contribution < 1.29 is 34.4 Å². The summed E-state index contributed by atoms with van der Waals surface area (Å²) < 4.78 is 10.2. The van der Waals surface area contributed by atoms with Crippen molar-refractivity contribution in [3.63, 3.8) is 0 Å². The average molecular weight is 276 g/mol. The first-order chi connectivity index (χ1) is 8.93. The maximum atomic E-state index is 11.6. The van der Waals surface area contributed by atoms with E-state index in [9.17, 15) is 24.9 Å². The van der Waals surface area contributed by atoms with Gasteiger partial charge in [0, 0.05) is 19.8 Å². The summed E-state index contributed by atoms with van der Waals surface area (Å²) in [7, 11) is 0. The quantitative estimate of drug-likeness (QED) is 0.583. The predicted octanol–water partition coefficient (Wildman–Crippen LogP) is -0.674. The van der Waals surface area contributed by atoms with Gasteiger partial charge in [0.1, 0.15) is 5.41 Å². The number of hydrogen-bond donors (Lipinski definition) is 3. The van der Waals surface area contributed by atoms with Gasteiger partial charge in [0.25, 0.3) is 5.79 Å². The molecule has 7 nitrogen and oxygen atoms in total. The largest absolute Gasteiger partial charge is 0.422 e. The van der Waals surface area contributed by atoms with Crippen molar-refractivity contribution in [2.24, 2.45) is 5.41 Å². The van der Waals surface area contributed by atoms with Crippen molar-refractivity contribution in [2.45, 2.75) is 38.4 Å². The Hall–Kier alpha value is -1.18. The van der Waals surface area contributed by atoms with Crippen LogP contribution in [0.1, 0.15) is 32.6 Å². The minimum absolute atomic E-state index is 0.116. The molecule has 1 aliphatic heterocycles. The highest BCUT2D eigenvalue weighted by molar-refractivity contribution is 5.73. The van der Waals surface area contributed by atoms with Crippen molar-refractivity contribution >= 4 is 11.9 Å². The third-order valence-corrected chi connectivity index (χ3v) is 3.50. The molecule has 0 aliphatic carbocycles. The van der Waals surface area contributed by atoms with E-state index in [1.807, 2.05) is 0 Å². The lowest BCUT2D eigenvalue weighted by atomic mass is 9.82. The molecule has 0 amide bonds. The first-order valence-corrected chi connectivity index (χ1v) is 6.19. The highest BCUT2D eigenvalue weighted by atomic mass is 16.7.